The van der Waals surface area contributed by atoms with Gasteiger partial charge in [-0.25, -0.2) is 0 Å². The molecule has 0 aromatic heterocycles. The lowest BCUT2D eigenvalue weighted by Gasteiger charge is -2.20. The number of benzene rings is 2. The third kappa shape index (κ3) is 3.88. The zero-order chi connectivity index (χ0) is 19.6. The van der Waals surface area contributed by atoms with Crippen LogP contribution in [0.1, 0.15) is 17.5 Å². The van der Waals surface area contributed by atoms with Crippen molar-refractivity contribution in [1.29, 1.82) is 5.26 Å². The van der Waals surface area contributed by atoms with Gasteiger partial charge < -0.3 is 15.0 Å². The predicted molar refractivity (Wildman–Crippen MR) is 103 cm³/mol. The van der Waals surface area contributed by atoms with E-state index in [9.17, 15) is 9.59 Å². The number of anilines is 2. The number of nitrogens with one attached hydrogen (secondary N) is 1. The van der Waals surface area contributed by atoms with Gasteiger partial charge in [0.25, 0.3) is 0 Å². The van der Waals surface area contributed by atoms with Crippen LogP contribution in [0.15, 0.2) is 36.4 Å². The van der Waals surface area contributed by atoms with Crippen LogP contribution in [-0.2, 0) is 9.59 Å². The summed E-state index contributed by atoms with van der Waals surface area (Å²) < 4.78 is 5.35. The van der Waals surface area contributed by atoms with Crippen LogP contribution in [0.5, 0.6) is 5.75 Å². The Morgan fingerprint density at radius 1 is 1.33 bits per heavy atom. The highest BCUT2D eigenvalue weighted by molar-refractivity contribution is 6.32. The SMILES string of the molecule is COc1ccc(C)cc1N1CC(C(=O)Nc2ccc(C#N)c(Cl)c2)CC1=O. The van der Waals surface area contributed by atoms with Crippen molar-refractivity contribution >= 4 is 34.8 Å². The van der Waals surface area contributed by atoms with Gasteiger partial charge in [0.05, 0.1) is 29.3 Å². The maximum absolute atomic E-state index is 12.6. The Bertz CT molecular complexity index is 952. The van der Waals surface area contributed by atoms with Crippen molar-refractivity contribution in [2.24, 2.45) is 5.92 Å². The highest BCUT2D eigenvalue weighted by atomic mass is 35.5. The number of nitrogens with zero attached hydrogens (tertiary/aromatic N) is 2. The van der Waals surface area contributed by atoms with E-state index < -0.39 is 5.92 Å². The van der Waals surface area contributed by atoms with E-state index >= 15 is 0 Å². The number of halogens is 1. The summed E-state index contributed by atoms with van der Waals surface area (Å²) in [4.78, 5) is 26.7. The Hall–Kier alpha value is -3.04. The summed E-state index contributed by atoms with van der Waals surface area (Å²) in [5, 5.41) is 12.0. The highest BCUT2D eigenvalue weighted by Crippen LogP contribution is 2.34. The lowest BCUT2D eigenvalue weighted by atomic mass is 10.1. The molecular formula is C20H18ClN3O3. The molecule has 2 amide bonds. The van der Waals surface area contributed by atoms with Gasteiger partial charge in [-0.15, -0.1) is 0 Å². The smallest absolute Gasteiger partial charge is 0.229 e. The number of aryl methyl sites for hydroxylation is 1. The molecule has 1 aliphatic rings. The number of hydrogen-bond donors (Lipinski definition) is 1. The van der Waals surface area contributed by atoms with Crippen molar-refractivity contribution < 1.29 is 14.3 Å². The molecule has 1 saturated heterocycles. The molecule has 3 rings (SSSR count). The lowest BCUT2D eigenvalue weighted by Crippen LogP contribution is -2.28. The number of ether oxygens (including phenoxy) is 1. The molecule has 138 valence electrons. The van der Waals surface area contributed by atoms with Crippen LogP contribution in [0.3, 0.4) is 0 Å². The third-order valence-corrected chi connectivity index (χ3v) is 4.79. The van der Waals surface area contributed by atoms with Gasteiger partial charge in [-0.3, -0.25) is 9.59 Å². The van der Waals surface area contributed by atoms with Crippen molar-refractivity contribution in [1.82, 2.24) is 0 Å². The molecule has 2 aromatic carbocycles. The van der Waals surface area contributed by atoms with Gasteiger partial charge >= 0.3 is 0 Å². The van der Waals surface area contributed by atoms with Gasteiger partial charge in [-0.1, -0.05) is 17.7 Å². The van der Waals surface area contributed by atoms with Crippen molar-refractivity contribution in [3.8, 4) is 11.8 Å². The van der Waals surface area contributed by atoms with Crippen LogP contribution in [0.4, 0.5) is 11.4 Å². The first-order valence-electron chi connectivity index (χ1n) is 8.38. The molecule has 0 spiro atoms. The summed E-state index contributed by atoms with van der Waals surface area (Å²) in [6, 6.07) is 12.2. The minimum Gasteiger partial charge on any atom is -0.495 e. The largest absolute Gasteiger partial charge is 0.495 e. The molecule has 0 radical (unpaired) electrons. The second-order valence-electron chi connectivity index (χ2n) is 6.38. The van der Waals surface area contributed by atoms with Gasteiger partial charge in [-0.05, 0) is 42.8 Å². The van der Waals surface area contributed by atoms with E-state index in [0.717, 1.165) is 5.56 Å². The predicted octanol–water partition coefficient (Wildman–Crippen LogP) is 3.52. The minimum atomic E-state index is -0.489. The van der Waals surface area contributed by atoms with E-state index in [1.807, 2.05) is 31.2 Å². The molecule has 1 atom stereocenters. The van der Waals surface area contributed by atoms with Gasteiger partial charge in [0.15, 0.2) is 0 Å². The second-order valence-corrected chi connectivity index (χ2v) is 6.78. The normalized spacial score (nSPS) is 16.1. The first-order valence-corrected chi connectivity index (χ1v) is 8.76. The molecule has 1 aliphatic heterocycles. The van der Waals surface area contributed by atoms with Crippen molar-refractivity contribution in [2.75, 3.05) is 23.9 Å². The molecule has 1 heterocycles. The fourth-order valence-corrected chi connectivity index (χ4v) is 3.28. The molecule has 1 N–H and O–H groups in total. The number of carbonyl (C=O) groups excluding carboxylic acids is 2. The topological polar surface area (TPSA) is 82.4 Å². The number of carbonyl (C=O) groups is 2. The Labute approximate surface area is 162 Å². The fourth-order valence-electron chi connectivity index (χ4n) is 3.05. The van der Waals surface area contributed by atoms with Gasteiger partial charge in [0.2, 0.25) is 11.8 Å². The number of hydrogen-bond acceptors (Lipinski definition) is 4. The monoisotopic (exact) mass is 383 g/mol. The standard InChI is InChI=1S/C20H18ClN3O3/c1-12-3-6-18(27-2)17(7-12)24-11-14(8-19(24)25)20(26)23-15-5-4-13(10-22)16(21)9-15/h3-7,9,14H,8,11H2,1-2H3,(H,23,26). The quantitative estimate of drug-likeness (QED) is 0.875. The van der Waals surface area contributed by atoms with Crippen LogP contribution in [-0.4, -0.2) is 25.5 Å². The van der Waals surface area contributed by atoms with Crippen LogP contribution in [0.25, 0.3) is 0 Å². The molecule has 1 fully saturated rings. The average molecular weight is 384 g/mol. The molecule has 6 nitrogen and oxygen atoms in total. The number of amides is 2. The van der Waals surface area contributed by atoms with E-state index in [4.69, 9.17) is 21.6 Å². The lowest BCUT2D eigenvalue weighted by molar-refractivity contribution is -0.122. The highest BCUT2D eigenvalue weighted by Gasteiger charge is 2.36. The number of rotatable bonds is 4. The summed E-state index contributed by atoms with van der Waals surface area (Å²) in [7, 11) is 1.55. The zero-order valence-corrected chi connectivity index (χ0v) is 15.7. The maximum atomic E-state index is 12.6. The average Bonchev–Trinajstić information content (AvgIpc) is 3.03. The van der Waals surface area contributed by atoms with Crippen LogP contribution >= 0.6 is 11.6 Å². The second kappa shape index (κ2) is 7.68. The van der Waals surface area contributed by atoms with Crippen molar-refractivity contribution in [2.45, 2.75) is 13.3 Å². The number of nitriles is 1. The van der Waals surface area contributed by atoms with Gasteiger partial charge in [0, 0.05) is 18.7 Å². The van der Waals surface area contributed by atoms with Crippen molar-refractivity contribution in [3.63, 3.8) is 0 Å². The first kappa shape index (κ1) is 18.7. The van der Waals surface area contributed by atoms with Crippen LogP contribution in [0.2, 0.25) is 5.02 Å². The Morgan fingerprint density at radius 3 is 2.78 bits per heavy atom. The third-order valence-electron chi connectivity index (χ3n) is 4.48. The summed E-state index contributed by atoms with van der Waals surface area (Å²) in [6.45, 7) is 2.21. The minimum absolute atomic E-state index is 0.118. The van der Waals surface area contributed by atoms with E-state index in [1.54, 1.807) is 24.1 Å². The summed E-state index contributed by atoms with van der Waals surface area (Å²) in [5.74, 6) is -0.291. The molecule has 0 aliphatic carbocycles. The molecule has 0 saturated carbocycles. The summed E-state index contributed by atoms with van der Waals surface area (Å²) in [6.07, 6.45) is 0.118. The molecule has 0 bridgehead atoms. The molecule has 7 heteroatoms. The van der Waals surface area contributed by atoms with Crippen molar-refractivity contribution in [3.05, 3.63) is 52.5 Å². The van der Waals surface area contributed by atoms with Gasteiger partial charge in [0.1, 0.15) is 11.8 Å². The molecule has 1 unspecified atom stereocenters. The Balaban J connectivity index is 1.75. The molecule has 2 aromatic rings. The van der Waals surface area contributed by atoms with E-state index in [2.05, 4.69) is 5.32 Å². The summed E-state index contributed by atoms with van der Waals surface area (Å²) >= 11 is 6.00. The Kier molecular flexibility index (Phi) is 5.33. The Morgan fingerprint density at radius 2 is 2.11 bits per heavy atom. The van der Waals surface area contributed by atoms with E-state index in [1.165, 1.54) is 6.07 Å². The summed E-state index contributed by atoms with van der Waals surface area (Å²) in [5.41, 5.74) is 2.49. The molecular weight excluding hydrogens is 366 g/mol. The van der Waals surface area contributed by atoms with E-state index in [-0.39, 0.29) is 29.8 Å². The van der Waals surface area contributed by atoms with Crippen LogP contribution < -0.4 is 15.0 Å². The fraction of sp³-hybridized carbons (Fsp3) is 0.250. The van der Waals surface area contributed by atoms with E-state index in [0.29, 0.717) is 22.7 Å². The van der Waals surface area contributed by atoms with Crippen LogP contribution in [0, 0.1) is 24.2 Å². The van der Waals surface area contributed by atoms with Gasteiger partial charge in [-0.2, -0.15) is 5.26 Å². The number of methoxy groups -OCH3 is 1. The molecule has 27 heavy (non-hydrogen) atoms. The first-order chi connectivity index (χ1) is 12.9. The maximum Gasteiger partial charge on any atom is 0.229 e. The zero-order valence-electron chi connectivity index (χ0n) is 15.0.